The minimum atomic E-state index is -0.380. The first-order chi connectivity index (χ1) is 12.6. The molecule has 0 radical (unpaired) electrons. The zero-order valence-corrected chi connectivity index (χ0v) is 15.7. The Labute approximate surface area is 155 Å². The Morgan fingerprint density at radius 3 is 2.92 bits per heavy atom. The molecule has 2 heterocycles. The number of anilines is 1. The molecule has 1 aromatic rings. The molecule has 2 unspecified atom stereocenters. The van der Waals surface area contributed by atoms with Crippen LogP contribution in [0.25, 0.3) is 0 Å². The lowest BCUT2D eigenvalue weighted by Crippen LogP contribution is -2.43. The summed E-state index contributed by atoms with van der Waals surface area (Å²) in [6, 6.07) is 5.30. The van der Waals surface area contributed by atoms with E-state index in [1.54, 1.807) is 12.0 Å². The van der Waals surface area contributed by atoms with Gasteiger partial charge in [-0.1, -0.05) is 6.07 Å². The molecule has 0 saturated carbocycles. The van der Waals surface area contributed by atoms with Crippen molar-refractivity contribution in [1.82, 2.24) is 10.2 Å². The molecular weight excluding hydrogens is 330 g/mol. The van der Waals surface area contributed by atoms with Crippen LogP contribution < -0.4 is 15.4 Å². The molecule has 26 heavy (non-hydrogen) atoms. The molecule has 2 aliphatic heterocycles. The normalized spacial score (nSPS) is 22.5. The summed E-state index contributed by atoms with van der Waals surface area (Å²) in [5.41, 5.74) is 1.71. The van der Waals surface area contributed by atoms with Crippen molar-refractivity contribution in [1.29, 1.82) is 0 Å². The number of nitrogens with zero attached hydrogens (tertiary/aromatic N) is 1. The molecule has 0 aliphatic carbocycles. The summed E-state index contributed by atoms with van der Waals surface area (Å²) >= 11 is 0. The molecule has 0 bridgehead atoms. The lowest BCUT2D eigenvalue weighted by atomic mass is 10.0. The van der Waals surface area contributed by atoms with Gasteiger partial charge in [0.2, 0.25) is 11.8 Å². The van der Waals surface area contributed by atoms with Gasteiger partial charge in [0.1, 0.15) is 11.8 Å². The second-order valence-corrected chi connectivity index (χ2v) is 7.34. The fourth-order valence-electron chi connectivity index (χ4n) is 3.91. The Balaban J connectivity index is 1.60. The molecule has 1 aromatic carbocycles. The van der Waals surface area contributed by atoms with E-state index in [9.17, 15) is 9.59 Å². The third-order valence-electron chi connectivity index (χ3n) is 5.42. The van der Waals surface area contributed by atoms with E-state index in [-0.39, 0.29) is 17.9 Å². The van der Waals surface area contributed by atoms with E-state index in [1.807, 2.05) is 25.1 Å². The van der Waals surface area contributed by atoms with Crippen molar-refractivity contribution in [2.45, 2.75) is 45.1 Å². The van der Waals surface area contributed by atoms with Crippen molar-refractivity contribution in [3.05, 3.63) is 23.8 Å². The fraction of sp³-hybridized carbons (Fsp3) is 0.600. The monoisotopic (exact) mass is 359 g/mol. The van der Waals surface area contributed by atoms with Gasteiger partial charge in [-0.25, -0.2) is 0 Å². The number of benzene rings is 1. The Hall–Kier alpha value is -2.08. The van der Waals surface area contributed by atoms with Gasteiger partial charge >= 0.3 is 0 Å². The van der Waals surface area contributed by atoms with Crippen molar-refractivity contribution in [2.24, 2.45) is 5.92 Å². The van der Waals surface area contributed by atoms with Crippen molar-refractivity contribution in [3.63, 3.8) is 0 Å². The van der Waals surface area contributed by atoms with Crippen molar-refractivity contribution in [2.75, 3.05) is 32.1 Å². The molecule has 2 amide bonds. The molecule has 2 fully saturated rings. The molecule has 0 aromatic heterocycles. The third-order valence-corrected chi connectivity index (χ3v) is 5.42. The van der Waals surface area contributed by atoms with Gasteiger partial charge in [-0.3, -0.25) is 9.59 Å². The Morgan fingerprint density at radius 2 is 2.19 bits per heavy atom. The highest BCUT2D eigenvalue weighted by atomic mass is 16.5. The summed E-state index contributed by atoms with van der Waals surface area (Å²) in [5, 5.41) is 6.29. The Kier molecular flexibility index (Phi) is 6.14. The predicted octanol–water partition coefficient (Wildman–Crippen LogP) is 2.32. The number of likely N-dealkylation sites (tertiary alicyclic amines) is 1. The fourth-order valence-corrected chi connectivity index (χ4v) is 3.91. The van der Waals surface area contributed by atoms with E-state index in [0.29, 0.717) is 30.3 Å². The number of carbonyl (C=O) groups excluding carboxylic acids is 2. The van der Waals surface area contributed by atoms with Gasteiger partial charge in [0.05, 0.1) is 12.8 Å². The maximum Gasteiger partial charge on any atom is 0.247 e. The molecule has 2 aliphatic rings. The van der Waals surface area contributed by atoms with Crippen LogP contribution in [0.1, 0.15) is 37.7 Å². The van der Waals surface area contributed by atoms with Crippen LogP contribution in [0.2, 0.25) is 0 Å². The summed E-state index contributed by atoms with van der Waals surface area (Å²) in [7, 11) is 1.59. The van der Waals surface area contributed by atoms with Crippen molar-refractivity contribution in [3.8, 4) is 5.75 Å². The van der Waals surface area contributed by atoms with Gasteiger partial charge in [-0.15, -0.1) is 0 Å². The first-order valence-electron chi connectivity index (χ1n) is 9.54. The first kappa shape index (κ1) is 18.7. The Morgan fingerprint density at radius 1 is 1.35 bits per heavy atom. The number of nitrogens with one attached hydrogen (secondary N) is 2. The average Bonchev–Trinajstić information content (AvgIpc) is 3.31. The minimum absolute atomic E-state index is 0.103. The van der Waals surface area contributed by atoms with Gasteiger partial charge in [0.15, 0.2) is 0 Å². The number of amides is 2. The minimum Gasteiger partial charge on any atom is -0.495 e. The lowest BCUT2D eigenvalue weighted by Gasteiger charge is -2.25. The van der Waals surface area contributed by atoms with E-state index in [1.165, 1.54) is 0 Å². The standard InChI is InChI=1S/C20H29N3O3/c1-14-5-7-18(26-2)16(12-14)22-20(25)17-4-3-11-23(17)19(24)8-6-15-9-10-21-13-15/h5,7,12,15,17,21H,3-4,6,8-11,13H2,1-2H3,(H,22,25). The zero-order chi connectivity index (χ0) is 18.5. The largest absolute Gasteiger partial charge is 0.495 e. The van der Waals surface area contributed by atoms with E-state index in [2.05, 4.69) is 10.6 Å². The van der Waals surface area contributed by atoms with E-state index in [4.69, 9.17) is 4.74 Å². The quantitative estimate of drug-likeness (QED) is 0.818. The van der Waals surface area contributed by atoms with Crippen molar-refractivity contribution < 1.29 is 14.3 Å². The van der Waals surface area contributed by atoms with Gasteiger partial charge in [0.25, 0.3) is 0 Å². The van der Waals surface area contributed by atoms with E-state index >= 15 is 0 Å². The molecule has 0 spiro atoms. The maximum absolute atomic E-state index is 12.8. The highest BCUT2D eigenvalue weighted by molar-refractivity contribution is 5.98. The van der Waals surface area contributed by atoms with Crippen LogP contribution in [0.15, 0.2) is 18.2 Å². The maximum atomic E-state index is 12.8. The molecule has 6 nitrogen and oxygen atoms in total. The van der Waals surface area contributed by atoms with Gasteiger partial charge < -0.3 is 20.3 Å². The Bertz CT molecular complexity index is 656. The summed E-state index contributed by atoms with van der Waals surface area (Å²) in [6.07, 6.45) is 4.17. The molecule has 2 atom stereocenters. The van der Waals surface area contributed by atoms with Crippen LogP contribution >= 0.6 is 0 Å². The number of ether oxygens (including phenoxy) is 1. The summed E-state index contributed by atoms with van der Waals surface area (Å²) in [4.78, 5) is 27.2. The van der Waals surface area contributed by atoms with E-state index < -0.39 is 0 Å². The van der Waals surface area contributed by atoms with Crippen LogP contribution in [-0.4, -0.2) is 49.5 Å². The van der Waals surface area contributed by atoms with Gasteiger partial charge in [0, 0.05) is 13.0 Å². The molecule has 142 valence electrons. The van der Waals surface area contributed by atoms with Crippen molar-refractivity contribution >= 4 is 17.5 Å². The first-order valence-corrected chi connectivity index (χ1v) is 9.54. The topological polar surface area (TPSA) is 70.7 Å². The summed E-state index contributed by atoms with van der Waals surface area (Å²) in [5.74, 6) is 1.20. The molecular formula is C20H29N3O3. The zero-order valence-electron chi connectivity index (χ0n) is 15.7. The molecule has 6 heteroatoms. The smallest absolute Gasteiger partial charge is 0.247 e. The van der Waals surface area contributed by atoms with Gasteiger partial charge in [-0.2, -0.15) is 0 Å². The summed E-state index contributed by atoms with van der Waals surface area (Å²) < 4.78 is 5.33. The third kappa shape index (κ3) is 4.36. The van der Waals surface area contributed by atoms with Crippen LogP contribution in [0.5, 0.6) is 5.75 Å². The molecule has 2 N–H and O–H groups in total. The number of rotatable bonds is 6. The summed E-state index contributed by atoms with van der Waals surface area (Å²) in [6.45, 7) is 4.69. The second kappa shape index (κ2) is 8.54. The van der Waals surface area contributed by atoms with Crippen LogP contribution in [0.4, 0.5) is 5.69 Å². The predicted molar refractivity (Wildman–Crippen MR) is 101 cm³/mol. The van der Waals surface area contributed by atoms with E-state index in [0.717, 1.165) is 44.3 Å². The SMILES string of the molecule is COc1ccc(C)cc1NC(=O)C1CCCN1C(=O)CCC1CCNC1. The van der Waals surface area contributed by atoms with Crippen LogP contribution in [-0.2, 0) is 9.59 Å². The number of aryl methyl sites for hydroxylation is 1. The van der Waals surface area contributed by atoms with Gasteiger partial charge in [-0.05, 0) is 69.3 Å². The molecule has 2 saturated heterocycles. The second-order valence-electron chi connectivity index (χ2n) is 7.34. The number of hydrogen-bond donors (Lipinski definition) is 2. The van der Waals surface area contributed by atoms with Crippen LogP contribution in [0, 0.1) is 12.8 Å². The highest BCUT2D eigenvalue weighted by Gasteiger charge is 2.34. The highest BCUT2D eigenvalue weighted by Crippen LogP contribution is 2.27. The number of carbonyl (C=O) groups is 2. The van der Waals surface area contributed by atoms with Crippen LogP contribution in [0.3, 0.4) is 0 Å². The molecule has 3 rings (SSSR count). The average molecular weight is 359 g/mol. The number of methoxy groups -OCH3 is 1. The number of hydrogen-bond acceptors (Lipinski definition) is 4. The lowest BCUT2D eigenvalue weighted by molar-refractivity contribution is -0.136.